The van der Waals surface area contributed by atoms with E-state index >= 15 is 0 Å². The Morgan fingerprint density at radius 2 is 2.12 bits per heavy atom. The molecule has 1 rings (SSSR count). The fourth-order valence-corrected chi connectivity index (χ4v) is 1.39. The maximum Gasteiger partial charge on any atom is 0.404 e. The second-order valence-electron chi connectivity index (χ2n) is 3.94. The average molecular weight is 237 g/mol. The monoisotopic (exact) mass is 237 g/mol. The number of aryl methyl sites for hydroxylation is 1. The first-order chi connectivity index (χ1) is 8.18. The summed E-state index contributed by atoms with van der Waals surface area (Å²) in [7, 11) is 0. The second kappa shape index (κ2) is 7.62. The number of hydrogen-bond acceptors (Lipinski definition) is 3. The molecule has 0 aromatic carbocycles. The lowest BCUT2D eigenvalue weighted by atomic mass is 10.2. The predicted molar refractivity (Wildman–Crippen MR) is 65.9 cm³/mol. The first kappa shape index (κ1) is 13.4. The summed E-state index contributed by atoms with van der Waals surface area (Å²) in [4.78, 5) is 14.4. The minimum absolute atomic E-state index is 0.514. The molecule has 1 heterocycles. The van der Waals surface area contributed by atoms with Gasteiger partial charge in [0.05, 0.1) is 5.69 Å². The summed E-state index contributed by atoms with van der Waals surface area (Å²) in [6, 6.07) is 4.05. The van der Waals surface area contributed by atoms with Crippen LogP contribution >= 0.6 is 0 Å². The topological polar surface area (TPSA) is 74.2 Å². The fourth-order valence-electron chi connectivity index (χ4n) is 1.39. The fraction of sp³-hybridized carbons (Fsp3) is 0.500. The molecule has 0 fully saturated rings. The van der Waals surface area contributed by atoms with E-state index in [1.165, 1.54) is 0 Å². The quantitative estimate of drug-likeness (QED) is 0.629. The van der Waals surface area contributed by atoms with Crippen molar-refractivity contribution in [2.24, 2.45) is 0 Å². The number of aromatic nitrogens is 1. The Morgan fingerprint density at radius 1 is 1.35 bits per heavy atom. The van der Waals surface area contributed by atoms with Gasteiger partial charge in [-0.05, 0) is 37.9 Å². The van der Waals surface area contributed by atoms with Crippen LogP contribution in [0, 0.1) is 6.92 Å². The van der Waals surface area contributed by atoms with Gasteiger partial charge in [0.25, 0.3) is 0 Å². The van der Waals surface area contributed by atoms with Crippen LogP contribution in [0.3, 0.4) is 0 Å². The van der Waals surface area contributed by atoms with Crippen molar-refractivity contribution < 1.29 is 9.90 Å². The molecule has 0 saturated heterocycles. The van der Waals surface area contributed by atoms with Crippen molar-refractivity contribution in [3.63, 3.8) is 0 Å². The van der Waals surface area contributed by atoms with E-state index in [-0.39, 0.29) is 0 Å². The highest BCUT2D eigenvalue weighted by Gasteiger charge is 1.95. The van der Waals surface area contributed by atoms with Gasteiger partial charge in [-0.1, -0.05) is 6.07 Å². The molecular weight excluding hydrogens is 218 g/mol. The van der Waals surface area contributed by atoms with Gasteiger partial charge in [0.15, 0.2) is 0 Å². The molecule has 0 aliphatic heterocycles. The van der Waals surface area contributed by atoms with Crippen LogP contribution < -0.4 is 10.6 Å². The van der Waals surface area contributed by atoms with E-state index in [4.69, 9.17) is 5.11 Å². The molecule has 0 saturated carbocycles. The van der Waals surface area contributed by atoms with E-state index < -0.39 is 6.09 Å². The Morgan fingerprint density at radius 3 is 2.76 bits per heavy atom. The number of amides is 1. The van der Waals surface area contributed by atoms with Gasteiger partial charge >= 0.3 is 6.09 Å². The van der Waals surface area contributed by atoms with Gasteiger partial charge in [-0.15, -0.1) is 0 Å². The molecule has 17 heavy (non-hydrogen) atoms. The molecule has 0 aliphatic carbocycles. The van der Waals surface area contributed by atoms with Gasteiger partial charge in [0.2, 0.25) is 0 Å². The molecule has 5 heteroatoms. The Kier molecular flexibility index (Phi) is 6.03. The molecule has 1 aromatic rings. The minimum Gasteiger partial charge on any atom is -0.465 e. The van der Waals surface area contributed by atoms with Gasteiger partial charge in [-0.25, -0.2) is 4.79 Å². The summed E-state index contributed by atoms with van der Waals surface area (Å²) >= 11 is 0. The van der Waals surface area contributed by atoms with Crippen LogP contribution in [-0.2, 0) is 6.54 Å². The summed E-state index contributed by atoms with van der Waals surface area (Å²) in [5.74, 6) is 0. The SMILES string of the molecule is Cc1ccc(CNCCCCNC(=O)O)nc1. The number of carboxylic acid groups (broad SMARTS) is 1. The van der Waals surface area contributed by atoms with Crippen molar-refractivity contribution in [3.05, 3.63) is 29.6 Å². The number of rotatable bonds is 7. The minimum atomic E-state index is -0.957. The van der Waals surface area contributed by atoms with E-state index in [0.29, 0.717) is 6.54 Å². The lowest BCUT2D eigenvalue weighted by molar-refractivity contribution is 0.194. The van der Waals surface area contributed by atoms with Crippen LogP contribution in [-0.4, -0.2) is 29.3 Å². The van der Waals surface area contributed by atoms with Crippen molar-refractivity contribution in [3.8, 4) is 0 Å². The third-order valence-corrected chi connectivity index (χ3v) is 2.34. The molecule has 1 aromatic heterocycles. The molecule has 0 bridgehead atoms. The zero-order chi connectivity index (χ0) is 12.5. The van der Waals surface area contributed by atoms with E-state index in [1.54, 1.807) is 0 Å². The van der Waals surface area contributed by atoms with Crippen LogP contribution in [0.15, 0.2) is 18.3 Å². The van der Waals surface area contributed by atoms with Crippen LogP contribution in [0.25, 0.3) is 0 Å². The van der Waals surface area contributed by atoms with E-state index in [2.05, 4.69) is 15.6 Å². The summed E-state index contributed by atoms with van der Waals surface area (Å²) < 4.78 is 0. The molecule has 0 spiro atoms. The Hall–Kier alpha value is -1.62. The predicted octanol–water partition coefficient (Wildman–Crippen LogP) is 1.53. The number of nitrogens with one attached hydrogen (secondary N) is 2. The summed E-state index contributed by atoms with van der Waals surface area (Å²) in [6.45, 7) is 4.16. The lowest BCUT2D eigenvalue weighted by Crippen LogP contribution is -2.23. The number of pyridine rings is 1. The first-order valence-corrected chi connectivity index (χ1v) is 5.77. The standard InChI is InChI=1S/C12H19N3O2/c1-10-4-5-11(15-8-10)9-13-6-2-3-7-14-12(16)17/h4-5,8,13-14H,2-3,6-7,9H2,1H3,(H,16,17). The average Bonchev–Trinajstić information content (AvgIpc) is 2.30. The number of hydrogen-bond donors (Lipinski definition) is 3. The summed E-state index contributed by atoms with van der Waals surface area (Å²) in [5.41, 5.74) is 2.19. The highest BCUT2D eigenvalue weighted by Crippen LogP contribution is 1.97. The molecule has 0 atom stereocenters. The molecule has 5 nitrogen and oxygen atoms in total. The smallest absolute Gasteiger partial charge is 0.404 e. The highest BCUT2D eigenvalue weighted by atomic mass is 16.4. The maximum atomic E-state index is 10.2. The third-order valence-electron chi connectivity index (χ3n) is 2.34. The van der Waals surface area contributed by atoms with Crippen molar-refractivity contribution in [1.29, 1.82) is 0 Å². The zero-order valence-electron chi connectivity index (χ0n) is 10.1. The molecule has 1 amide bonds. The Labute approximate surface area is 101 Å². The Balaban J connectivity index is 2.01. The number of nitrogens with zero attached hydrogens (tertiary/aromatic N) is 1. The number of carbonyl (C=O) groups is 1. The van der Waals surface area contributed by atoms with Gasteiger partial charge in [-0.2, -0.15) is 0 Å². The van der Waals surface area contributed by atoms with E-state index in [0.717, 1.165) is 37.2 Å². The normalized spacial score (nSPS) is 10.2. The van der Waals surface area contributed by atoms with E-state index in [9.17, 15) is 4.79 Å². The number of unbranched alkanes of at least 4 members (excludes halogenated alkanes) is 1. The van der Waals surface area contributed by atoms with Crippen LogP contribution in [0.5, 0.6) is 0 Å². The molecule has 0 radical (unpaired) electrons. The molecule has 0 aliphatic rings. The van der Waals surface area contributed by atoms with Crippen molar-refractivity contribution >= 4 is 6.09 Å². The van der Waals surface area contributed by atoms with Gasteiger partial charge in [0.1, 0.15) is 0 Å². The zero-order valence-corrected chi connectivity index (χ0v) is 10.1. The van der Waals surface area contributed by atoms with Crippen LogP contribution in [0.1, 0.15) is 24.1 Å². The van der Waals surface area contributed by atoms with Crippen molar-refractivity contribution in [2.75, 3.05) is 13.1 Å². The maximum absolute atomic E-state index is 10.2. The second-order valence-corrected chi connectivity index (χ2v) is 3.94. The molecule has 3 N–H and O–H groups in total. The summed E-state index contributed by atoms with van der Waals surface area (Å²) in [6.07, 6.45) is 2.70. The molecule has 0 unspecified atom stereocenters. The molecular formula is C12H19N3O2. The van der Waals surface area contributed by atoms with Crippen molar-refractivity contribution in [2.45, 2.75) is 26.3 Å². The first-order valence-electron chi connectivity index (χ1n) is 5.77. The highest BCUT2D eigenvalue weighted by molar-refractivity contribution is 5.64. The van der Waals surface area contributed by atoms with E-state index in [1.807, 2.05) is 25.3 Å². The van der Waals surface area contributed by atoms with Gasteiger partial charge in [-0.3, -0.25) is 4.98 Å². The van der Waals surface area contributed by atoms with Crippen LogP contribution in [0.4, 0.5) is 4.79 Å². The van der Waals surface area contributed by atoms with Crippen molar-refractivity contribution in [1.82, 2.24) is 15.6 Å². The third kappa shape index (κ3) is 6.52. The summed E-state index contributed by atoms with van der Waals surface area (Å²) in [5, 5.41) is 14.0. The van der Waals surface area contributed by atoms with Gasteiger partial charge in [0, 0.05) is 19.3 Å². The largest absolute Gasteiger partial charge is 0.465 e. The molecule has 94 valence electrons. The Bertz CT molecular complexity index is 338. The lowest BCUT2D eigenvalue weighted by Gasteiger charge is -2.04. The van der Waals surface area contributed by atoms with Gasteiger partial charge < -0.3 is 15.7 Å². The van der Waals surface area contributed by atoms with Crippen LogP contribution in [0.2, 0.25) is 0 Å².